The number of piperidine rings is 1. The van der Waals surface area contributed by atoms with Crippen molar-refractivity contribution >= 4 is 0 Å². The van der Waals surface area contributed by atoms with Crippen LogP contribution in [0.3, 0.4) is 0 Å². The molecule has 0 aliphatic carbocycles. The molecule has 3 unspecified atom stereocenters. The summed E-state index contributed by atoms with van der Waals surface area (Å²) in [6.07, 6.45) is 3.49. The lowest BCUT2D eigenvalue weighted by Gasteiger charge is -2.42. The van der Waals surface area contributed by atoms with E-state index in [-0.39, 0.29) is 24.7 Å². The van der Waals surface area contributed by atoms with Crippen LogP contribution in [0.5, 0.6) is 0 Å². The van der Waals surface area contributed by atoms with Gasteiger partial charge in [0.15, 0.2) is 0 Å². The summed E-state index contributed by atoms with van der Waals surface area (Å²) in [5, 5.41) is 9.56. The lowest BCUT2D eigenvalue weighted by atomic mass is 9.93. The summed E-state index contributed by atoms with van der Waals surface area (Å²) in [6.45, 7) is 3.32. The van der Waals surface area contributed by atoms with E-state index in [0.717, 1.165) is 13.0 Å². The van der Waals surface area contributed by atoms with E-state index < -0.39 is 0 Å². The van der Waals surface area contributed by atoms with E-state index in [1.165, 1.54) is 18.4 Å². The van der Waals surface area contributed by atoms with Gasteiger partial charge in [0, 0.05) is 18.1 Å². The van der Waals surface area contributed by atoms with Gasteiger partial charge < -0.3 is 10.8 Å². The maximum Gasteiger partial charge on any atom is 0.0587 e. The Morgan fingerprint density at radius 1 is 1.33 bits per heavy atom. The Kier molecular flexibility index (Phi) is 4.75. The predicted molar refractivity (Wildman–Crippen MR) is 74.3 cm³/mol. The molecule has 2 rings (SSSR count). The SMILES string of the molecule is CC(N)C(c1ccccc1)N1CCCCC1CO. The monoisotopic (exact) mass is 248 g/mol. The minimum atomic E-state index is 0.0690. The minimum absolute atomic E-state index is 0.0690. The summed E-state index contributed by atoms with van der Waals surface area (Å²) < 4.78 is 0. The molecule has 3 atom stereocenters. The maximum absolute atomic E-state index is 9.56. The van der Waals surface area contributed by atoms with E-state index in [9.17, 15) is 5.11 Å². The van der Waals surface area contributed by atoms with Gasteiger partial charge in [-0.25, -0.2) is 0 Å². The van der Waals surface area contributed by atoms with Gasteiger partial charge in [-0.05, 0) is 31.9 Å². The number of aliphatic hydroxyl groups is 1. The smallest absolute Gasteiger partial charge is 0.0587 e. The van der Waals surface area contributed by atoms with Gasteiger partial charge in [0.2, 0.25) is 0 Å². The zero-order chi connectivity index (χ0) is 13.0. The van der Waals surface area contributed by atoms with Crippen LogP contribution >= 0.6 is 0 Å². The highest BCUT2D eigenvalue weighted by Gasteiger charge is 2.31. The molecular weight excluding hydrogens is 224 g/mol. The Balaban J connectivity index is 2.24. The number of likely N-dealkylation sites (tertiary alicyclic amines) is 1. The van der Waals surface area contributed by atoms with Gasteiger partial charge in [-0.1, -0.05) is 36.8 Å². The average molecular weight is 248 g/mol. The van der Waals surface area contributed by atoms with Crippen LogP contribution in [-0.4, -0.2) is 35.2 Å². The first-order valence-corrected chi connectivity index (χ1v) is 6.91. The van der Waals surface area contributed by atoms with E-state index in [2.05, 4.69) is 36.1 Å². The number of rotatable bonds is 4. The van der Waals surface area contributed by atoms with E-state index in [1.807, 2.05) is 6.07 Å². The molecule has 3 N–H and O–H groups in total. The second-order valence-electron chi connectivity index (χ2n) is 5.28. The summed E-state index contributed by atoms with van der Waals surface area (Å²) in [5.41, 5.74) is 7.45. The molecule has 0 amide bonds. The number of aliphatic hydroxyl groups excluding tert-OH is 1. The third-order valence-electron chi connectivity index (χ3n) is 3.88. The molecule has 100 valence electrons. The Morgan fingerprint density at radius 3 is 2.67 bits per heavy atom. The molecule has 0 aromatic heterocycles. The first-order valence-electron chi connectivity index (χ1n) is 6.91. The molecule has 0 spiro atoms. The van der Waals surface area contributed by atoms with Crippen molar-refractivity contribution in [3.05, 3.63) is 35.9 Å². The average Bonchev–Trinajstić information content (AvgIpc) is 2.40. The quantitative estimate of drug-likeness (QED) is 0.856. The molecule has 0 bridgehead atoms. The summed E-state index contributed by atoms with van der Waals surface area (Å²) in [6, 6.07) is 11.0. The van der Waals surface area contributed by atoms with E-state index in [0.29, 0.717) is 0 Å². The fraction of sp³-hybridized carbons (Fsp3) is 0.600. The molecule has 0 radical (unpaired) electrons. The van der Waals surface area contributed by atoms with Crippen molar-refractivity contribution in [2.75, 3.05) is 13.2 Å². The van der Waals surface area contributed by atoms with Crippen LogP contribution in [0.4, 0.5) is 0 Å². The van der Waals surface area contributed by atoms with Gasteiger partial charge in [-0.3, -0.25) is 4.90 Å². The number of benzene rings is 1. The second kappa shape index (κ2) is 6.32. The highest BCUT2D eigenvalue weighted by Crippen LogP contribution is 2.30. The molecule has 18 heavy (non-hydrogen) atoms. The van der Waals surface area contributed by atoms with Crippen molar-refractivity contribution in [3.8, 4) is 0 Å². The minimum Gasteiger partial charge on any atom is -0.395 e. The van der Waals surface area contributed by atoms with Crippen molar-refractivity contribution < 1.29 is 5.11 Å². The third kappa shape index (κ3) is 2.91. The third-order valence-corrected chi connectivity index (χ3v) is 3.88. The highest BCUT2D eigenvalue weighted by atomic mass is 16.3. The molecule has 3 heteroatoms. The summed E-state index contributed by atoms with van der Waals surface area (Å²) >= 11 is 0. The molecule has 3 nitrogen and oxygen atoms in total. The van der Waals surface area contributed by atoms with Crippen LogP contribution < -0.4 is 5.73 Å². The van der Waals surface area contributed by atoms with Crippen molar-refractivity contribution in [1.82, 2.24) is 4.90 Å². The summed E-state index contributed by atoms with van der Waals surface area (Å²) in [5.74, 6) is 0. The topological polar surface area (TPSA) is 49.5 Å². The molecule has 1 fully saturated rings. The van der Waals surface area contributed by atoms with Crippen molar-refractivity contribution in [3.63, 3.8) is 0 Å². The summed E-state index contributed by atoms with van der Waals surface area (Å²) in [4.78, 5) is 2.39. The highest BCUT2D eigenvalue weighted by molar-refractivity contribution is 5.21. The molecule has 1 aromatic carbocycles. The molecule has 1 saturated heterocycles. The van der Waals surface area contributed by atoms with E-state index in [1.54, 1.807) is 0 Å². The van der Waals surface area contributed by atoms with Crippen LogP contribution in [0, 0.1) is 0 Å². The second-order valence-corrected chi connectivity index (χ2v) is 5.28. The zero-order valence-electron chi connectivity index (χ0n) is 11.1. The lowest BCUT2D eigenvalue weighted by Crippen LogP contribution is -2.49. The van der Waals surface area contributed by atoms with Crippen molar-refractivity contribution in [1.29, 1.82) is 0 Å². The van der Waals surface area contributed by atoms with Gasteiger partial charge in [-0.15, -0.1) is 0 Å². The number of nitrogens with zero attached hydrogens (tertiary/aromatic N) is 1. The number of hydrogen-bond acceptors (Lipinski definition) is 3. The van der Waals surface area contributed by atoms with Crippen molar-refractivity contribution in [2.24, 2.45) is 5.73 Å². The maximum atomic E-state index is 9.56. The van der Waals surface area contributed by atoms with Crippen LogP contribution in [0.25, 0.3) is 0 Å². The molecule has 1 aliphatic rings. The molecule has 1 aliphatic heterocycles. The van der Waals surface area contributed by atoms with Crippen LogP contribution in [0.1, 0.15) is 37.8 Å². The Hall–Kier alpha value is -0.900. The predicted octanol–water partition coefficient (Wildman–Crippen LogP) is 1.92. The molecule has 1 aromatic rings. The van der Waals surface area contributed by atoms with Gasteiger partial charge in [0.1, 0.15) is 0 Å². The van der Waals surface area contributed by atoms with Gasteiger partial charge in [0.25, 0.3) is 0 Å². The lowest BCUT2D eigenvalue weighted by molar-refractivity contribution is 0.0444. The number of nitrogens with two attached hydrogens (primary N) is 1. The van der Waals surface area contributed by atoms with E-state index >= 15 is 0 Å². The molecule has 0 saturated carbocycles. The van der Waals surface area contributed by atoms with Crippen LogP contribution in [0.2, 0.25) is 0 Å². The first-order chi connectivity index (χ1) is 8.74. The van der Waals surface area contributed by atoms with Gasteiger partial charge in [-0.2, -0.15) is 0 Å². The standard InChI is InChI=1S/C15H24N2O/c1-12(16)15(13-7-3-2-4-8-13)17-10-6-5-9-14(17)11-18/h2-4,7-8,12,14-15,18H,5-6,9-11,16H2,1H3. The van der Waals surface area contributed by atoms with Crippen LogP contribution in [-0.2, 0) is 0 Å². The fourth-order valence-corrected chi connectivity index (χ4v) is 3.03. The normalized spacial score (nSPS) is 24.7. The van der Waals surface area contributed by atoms with Crippen LogP contribution in [0.15, 0.2) is 30.3 Å². The van der Waals surface area contributed by atoms with Gasteiger partial charge in [0.05, 0.1) is 6.61 Å². The van der Waals surface area contributed by atoms with E-state index in [4.69, 9.17) is 5.73 Å². The zero-order valence-corrected chi connectivity index (χ0v) is 11.1. The number of hydrogen-bond donors (Lipinski definition) is 2. The molecule has 1 heterocycles. The first kappa shape index (κ1) is 13.5. The Bertz CT molecular complexity index is 353. The largest absolute Gasteiger partial charge is 0.395 e. The Labute approximate surface area is 110 Å². The Morgan fingerprint density at radius 2 is 2.06 bits per heavy atom. The van der Waals surface area contributed by atoms with Crippen molar-refractivity contribution in [2.45, 2.75) is 44.3 Å². The molecular formula is C15H24N2O. The summed E-state index contributed by atoms with van der Waals surface area (Å²) in [7, 11) is 0. The fourth-order valence-electron chi connectivity index (χ4n) is 3.03. The van der Waals surface area contributed by atoms with Gasteiger partial charge >= 0.3 is 0 Å².